The molecule has 1 aromatic carbocycles. The molecule has 19 heavy (non-hydrogen) atoms. The van der Waals surface area contributed by atoms with Crippen LogP contribution in [0.15, 0.2) is 51.4 Å². The third kappa shape index (κ3) is 3.90. The van der Waals surface area contributed by atoms with Crippen molar-refractivity contribution in [2.75, 3.05) is 5.32 Å². The molecular formula is C13H11BrN2O2S. The molecule has 0 aliphatic rings. The lowest BCUT2D eigenvalue weighted by Gasteiger charge is -2.04. The van der Waals surface area contributed by atoms with Crippen molar-refractivity contribution in [2.45, 2.75) is 6.92 Å². The zero-order valence-corrected chi connectivity index (χ0v) is 12.5. The predicted molar refractivity (Wildman–Crippen MR) is 80.8 cm³/mol. The molecule has 0 fully saturated rings. The smallest absolute Gasteiger partial charge is 0.297 e. The maximum Gasteiger partial charge on any atom is 0.437 e. The molecule has 0 saturated carbocycles. The highest BCUT2D eigenvalue weighted by atomic mass is 79.9. The van der Waals surface area contributed by atoms with Gasteiger partial charge in [-0.3, -0.25) is 10.2 Å². The molecular weight excluding hydrogens is 328 g/mol. The lowest BCUT2D eigenvalue weighted by atomic mass is 10.3. The standard InChI is InChI=1S/C13H11BrN2O2S/c1-9(12-7-4-8-19-12)16-18-13(17)15-11-6-3-2-5-10(11)14/h2-8H,1H3,(H,15,17)/b16-9+. The van der Waals surface area contributed by atoms with Crippen LogP contribution in [0.4, 0.5) is 10.5 Å². The van der Waals surface area contributed by atoms with Crippen LogP contribution in [-0.4, -0.2) is 11.8 Å². The van der Waals surface area contributed by atoms with Crippen molar-refractivity contribution in [3.63, 3.8) is 0 Å². The molecule has 6 heteroatoms. The Morgan fingerprint density at radius 1 is 1.32 bits per heavy atom. The fourth-order valence-corrected chi connectivity index (χ4v) is 2.39. The van der Waals surface area contributed by atoms with Gasteiger partial charge in [0.1, 0.15) is 0 Å². The fourth-order valence-electron chi connectivity index (χ4n) is 1.33. The third-order valence-corrected chi connectivity index (χ3v) is 3.92. The molecule has 0 bridgehead atoms. The van der Waals surface area contributed by atoms with Crippen LogP contribution in [-0.2, 0) is 4.84 Å². The van der Waals surface area contributed by atoms with Gasteiger partial charge in [0, 0.05) is 4.47 Å². The van der Waals surface area contributed by atoms with E-state index in [0.29, 0.717) is 11.4 Å². The number of benzene rings is 1. The van der Waals surface area contributed by atoms with Crippen molar-refractivity contribution in [2.24, 2.45) is 5.16 Å². The number of para-hydroxylation sites is 1. The summed E-state index contributed by atoms with van der Waals surface area (Å²) >= 11 is 4.87. The second-order valence-electron chi connectivity index (χ2n) is 3.64. The van der Waals surface area contributed by atoms with Gasteiger partial charge in [-0.1, -0.05) is 23.4 Å². The lowest BCUT2D eigenvalue weighted by Crippen LogP contribution is -2.12. The molecule has 0 spiro atoms. The van der Waals surface area contributed by atoms with E-state index in [2.05, 4.69) is 26.4 Å². The molecule has 1 amide bonds. The Hall–Kier alpha value is -1.66. The molecule has 1 N–H and O–H groups in total. The summed E-state index contributed by atoms with van der Waals surface area (Å²) in [5, 5.41) is 8.33. The van der Waals surface area contributed by atoms with Gasteiger partial charge in [0.05, 0.1) is 16.3 Å². The number of nitrogens with one attached hydrogen (secondary N) is 1. The van der Waals surface area contributed by atoms with Crippen molar-refractivity contribution >= 4 is 44.8 Å². The number of oxime groups is 1. The average Bonchev–Trinajstić information content (AvgIpc) is 2.93. The van der Waals surface area contributed by atoms with E-state index in [1.54, 1.807) is 13.0 Å². The monoisotopic (exact) mass is 338 g/mol. The SMILES string of the molecule is C/C(=N\OC(=O)Nc1ccccc1Br)c1cccs1. The zero-order chi connectivity index (χ0) is 13.7. The molecule has 0 aliphatic carbocycles. The first kappa shape index (κ1) is 13.8. The molecule has 1 aromatic heterocycles. The van der Waals surface area contributed by atoms with Crippen LogP contribution in [0.2, 0.25) is 0 Å². The minimum Gasteiger partial charge on any atom is -0.297 e. The Labute approximate surface area is 123 Å². The number of hydrogen-bond acceptors (Lipinski definition) is 4. The van der Waals surface area contributed by atoms with Gasteiger partial charge in [-0.15, -0.1) is 11.3 Å². The number of halogens is 1. The number of thiophene rings is 1. The molecule has 2 rings (SSSR count). The number of nitrogens with zero attached hydrogens (tertiary/aromatic N) is 1. The van der Waals surface area contributed by atoms with E-state index in [4.69, 9.17) is 4.84 Å². The summed E-state index contributed by atoms with van der Waals surface area (Å²) in [4.78, 5) is 17.4. The fraction of sp³-hybridized carbons (Fsp3) is 0.0769. The molecule has 1 heterocycles. The van der Waals surface area contributed by atoms with Crippen molar-refractivity contribution in [1.29, 1.82) is 0 Å². The number of hydrogen-bond donors (Lipinski definition) is 1. The lowest BCUT2D eigenvalue weighted by molar-refractivity contribution is 0.166. The van der Waals surface area contributed by atoms with E-state index in [1.165, 1.54) is 11.3 Å². The molecule has 0 atom stereocenters. The van der Waals surface area contributed by atoms with Crippen LogP contribution in [0, 0.1) is 0 Å². The number of carbonyl (C=O) groups is 1. The highest BCUT2D eigenvalue weighted by Crippen LogP contribution is 2.21. The van der Waals surface area contributed by atoms with Crippen molar-refractivity contribution in [1.82, 2.24) is 0 Å². The van der Waals surface area contributed by atoms with Crippen molar-refractivity contribution in [3.05, 3.63) is 51.1 Å². The highest BCUT2D eigenvalue weighted by Gasteiger charge is 2.06. The predicted octanol–water partition coefficient (Wildman–Crippen LogP) is 4.48. The van der Waals surface area contributed by atoms with Crippen LogP contribution in [0.25, 0.3) is 0 Å². The first-order valence-corrected chi connectivity index (χ1v) is 7.15. The Morgan fingerprint density at radius 3 is 2.79 bits per heavy atom. The van der Waals surface area contributed by atoms with E-state index in [0.717, 1.165) is 9.35 Å². The summed E-state index contributed by atoms with van der Waals surface area (Å²) in [6.07, 6.45) is -0.622. The summed E-state index contributed by atoms with van der Waals surface area (Å²) in [5.41, 5.74) is 1.30. The van der Waals surface area contributed by atoms with Gasteiger partial charge in [0.2, 0.25) is 0 Å². The number of rotatable bonds is 3. The number of anilines is 1. The molecule has 4 nitrogen and oxygen atoms in total. The van der Waals surface area contributed by atoms with Gasteiger partial charge >= 0.3 is 6.09 Å². The maximum absolute atomic E-state index is 11.6. The summed E-state index contributed by atoms with van der Waals surface area (Å²) < 4.78 is 0.783. The van der Waals surface area contributed by atoms with Gasteiger partial charge in [-0.05, 0) is 46.4 Å². The number of carbonyl (C=O) groups excluding carboxylic acids is 1. The van der Waals surface area contributed by atoms with Crippen LogP contribution in [0.1, 0.15) is 11.8 Å². The molecule has 0 radical (unpaired) electrons. The summed E-state index contributed by atoms with van der Waals surface area (Å²) in [5.74, 6) is 0. The molecule has 2 aromatic rings. The average molecular weight is 339 g/mol. The minimum absolute atomic E-state index is 0.622. The van der Waals surface area contributed by atoms with Gasteiger partial charge in [-0.2, -0.15) is 0 Å². The van der Waals surface area contributed by atoms with E-state index in [9.17, 15) is 4.79 Å². The van der Waals surface area contributed by atoms with Crippen molar-refractivity contribution in [3.8, 4) is 0 Å². The second kappa shape index (κ2) is 6.49. The van der Waals surface area contributed by atoms with Gasteiger partial charge < -0.3 is 0 Å². The molecule has 98 valence electrons. The van der Waals surface area contributed by atoms with Gasteiger partial charge in [-0.25, -0.2) is 4.79 Å². The van der Waals surface area contributed by atoms with Crippen LogP contribution in [0.5, 0.6) is 0 Å². The van der Waals surface area contributed by atoms with Crippen LogP contribution < -0.4 is 5.32 Å². The van der Waals surface area contributed by atoms with E-state index >= 15 is 0 Å². The Balaban J connectivity index is 1.96. The van der Waals surface area contributed by atoms with E-state index in [1.807, 2.05) is 35.7 Å². The number of amides is 1. The summed E-state index contributed by atoms with van der Waals surface area (Å²) in [7, 11) is 0. The van der Waals surface area contributed by atoms with Gasteiger partial charge in [0.15, 0.2) is 0 Å². The van der Waals surface area contributed by atoms with Crippen molar-refractivity contribution < 1.29 is 9.63 Å². The zero-order valence-electron chi connectivity index (χ0n) is 10.1. The Bertz CT molecular complexity index is 596. The second-order valence-corrected chi connectivity index (χ2v) is 5.44. The molecule has 0 aliphatic heterocycles. The Morgan fingerprint density at radius 2 is 2.11 bits per heavy atom. The van der Waals surface area contributed by atoms with Crippen LogP contribution >= 0.6 is 27.3 Å². The molecule has 0 saturated heterocycles. The molecule has 0 unspecified atom stereocenters. The topological polar surface area (TPSA) is 50.7 Å². The normalized spacial score (nSPS) is 11.2. The summed E-state index contributed by atoms with van der Waals surface area (Å²) in [6.45, 7) is 1.79. The quantitative estimate of drug-likeness (QED) is 0.509. The van der Waals surface area contributed by atoms with E-state index < -0.39 is 6.09 Å². The van der Waals surface area contributed by atoms with Crippen LogP contribution in [0.3, 0.4) is 0 Å². The summed E-state index contributed by atoms with van der Waals surface area (Å²) in [6, 6.07) is 11.1. The maximum atomic E-state index is 11.6. The highest BCUT2D eigenvalue weighted by molar-refractivity contribution is 9.10. The minimum atomic E-state index is -0.622. The third-order valence-electron chi connectivity index (χ3n) is 2.25. The first-order valence-electron chi connectivity index (χ1n) is 5.48. The largest absolute Gasteiger partial charge is 0.437 e. The van der Waals surface area contributed by atoms with Gasteiger partial charge in [0.25, 0.3) is 0 Å². The Kier molecular flexibility index (Phi) is 4.70. The van der Waals surface area contributed by atoms with E-state index in [-0.39, 0.29) is 0 Å². The first-order chi connectivity index (χ1) is 9.16.